The summed E-state index contributed by atoms with van der Waals surface area (Å²) in [7, 11) is -0.0508. The SMILES string of the molecule is COc1cc(C(=O)Nc2nc3ccc(S(=O)(=O)N(CC(O)C(Cc4ccccc4)NC(=O)OC(C)(C)C)OC4CCCC4)cc3[nH]2)cc(OC)c1OC. The van der Waals surface area contributed by atoms with Gasteiger partial charge in [0.05, 0.1) is 62.1 Å². The lowest BCUT2D eigenvalue weighted by atomic mass is 10.0. The fourth-order valence-corrected chi connectivity index (χ4v) is 7.29. The van der Waals surface area contributed by atoms with Crippen LogP contribution in [0.3, 0.4) is 0 Å². The topological polar surface area (TPSA) is 191 Å². The molecule has 0 saturated heterocycles. The Balaban J connectivity index is 1.40. The van der Waals surface area contributed by atoms with Crippen molar-refractivity contribution >= 4 is 39.0 Å². The number of fused-ring (bicyclic) bond motifs is 1. The standard InChI is InChI=1S/C37H47N5O10S/c1-37(2,3)51-36(45)40-29(18-23-12-8-7-9-13-23)30(43)22-42(52-25-14-10-11-15-25)53(46,47)26-16-17-27-28(21-26)39-35(38-27)41-34(44)24-19-31(48-4)33(50-6)32(20-24)49-5/h7-9,12-13,16-17,19-21,25,29-30,43H,10-11,14-15,18,22H2,1-6H3,(H,40,45)(H2,38,39,41,44). The van der Waals surface area contributed by atoms with E-state index in [0.29, 0.717) is 29.6 Å². The van der Waals surface area contributed by atoms with Gasteiger partial charge in [0.25, 0.3) is 15.9 Å². The van der Waals surface area contributed by atoms with Crippen LogP contribution in [0, 0.1) is 0 Å². The molecule has 53 heavy (non-hydrogen) atoms. The van der Waals surface area contributed by atoms with Gasteiger partial charge >= 0.3 is 6.09 Å². The van der Waals surface area contributed by atoms with Crippen molar-refractivity contribution in [1.82, 2.24) is 19.8 Å². The minimum absolute atomic E-state index is 0.0692. The minimum atomic E-state index is -4.39. The Hall–Kier alpha value is -4.90. The first-order chi connectivity index (χ1) is 25.2. The Morgan fingerprint density at radius 3 is 2.25 bits per heavy atom. The van der Waals surface area contributed by atoms with E-state index < -0.39 is 46.3 Å². The number of carbonyl (C=O) groups excluding carboxylic acids is 2. The summed E-state index contributed by atoms with van der Waals surface area (Å²) in [5.74, 6) is 0.440. The van der Waals surface area contributed by atoms with Crippen molar-refractivity contribution in [3.05, 3.63) is 71.8 Å². The van der Waals surface area contributed by atoms with E-state index in [4.69, 9.17) is 23.8 Å². The van der Waals surface area contributed by atoms with Crippen molar-refractivity contribution in [2.75, 3.05) is 33.2 Å². The molecule has 0 bridgehead atoms. The molecule has 0 spiro atoms. The average Bonchev–Trinajstić information content (AvgIpc) is 3.79. The monoisotopic (exact) mass is 753 g/mol. The van der Waals surface area contributed by atoms with E-state index in [-0.39, 0.29) is 40.4 Å². The van der Waals surface area contributed by atoms with Crippen LogP contribution < -0.4 is 24.8 Å². The highest BCUT2D eigenvalue weighted by molar-refractivity contribution is 7.89. The number of amides is 2. The first kappa shape index (κ1) is 39.3. The minimum Gasteiger partial charge on any atom is -0.493 e. The van der Waals surface area contributed by atoms with Gasteiger partial charge in [-0.05, 0) is 75.9 Å². The van der Waals surface area contributed by atoms with E-state index in [2.05, 4.69) is 20.6 Å². The molecule has 1 aliphatic rings. The highest BCUT2D eigenvalue weighted by atomic mass is 32.2. The van der Waals surface area contributed by atoms with Crippen LogP contribution in [0.25, 0.3) is 11.0 Å². The second-order valence-electron chi connectivity index (χ2n) is 13.6. The number of H-pyrrole nitrogens is 1. The second kappa shape index (κ2) is 16.8. The largest absolute Gasteiger partial charge is 0.493 e. The number of carbonyl (C=O) groups is 2. The summed E-state index contributed by atoms with van der Waals surface area (Å²) in [5.41, 5.74) is 0.931. The number of hydrogen-bond acceptors (Lipinski definition) is 11. The lowest BCUT2D eigenvalue weighted by molar-refractivity contribution is -0.145. The summed E-state index contributed by atoms with van der Waals surface area (Å²) in [4.78, 5) is 39.4. The zero-order chi connectivity index (χ0) is 38.3. The number of anilines is 1. The maximum absolute atomic E-state index is 14.3. The average molecular weight is 754 g/mol. The van der Waals surface area contributed by atoms with Crippen molar-refractivity contribution in [1.29, 1.82) is 0 Å². The number of aliphatic hydroxyl groups excluding tert-OH is 1. The number of nitrogens with zero attached hydrogens (tertiary/aromatic N) is 2. The van der Waals surface area contributed by atoms with E-state index in [1.165, 1.54) is 51.7 Å². The number of sulfonamides is 1. The first-order valence-electron chi connectivity index (χ1n) is 17.2. The zero-order valence-corrected chi connectivity index (χ0v) is 31.5. The van der Waals surface area contributed by atoms with Gasteiger partial charge in [0.1, 0.15) is 5.60 Å². The van der Waals surface area contributed by atoms with Crippen LogP contribution >= 0.6 is 0 Å². The van der Waals surface area contributed by atoms with Gasteiger partial charge in [-0.25, -0.2) is 18.2 Å². The molecule has 2 amide bonds. The first-order valence-corrected chi connectivity index (χ1v) is 18.7. The van der Waals surface area contributed by atoms with Crippen molar-refractivity contribution < 1.29 is 46.9 Å². The molecule has 0 aliphatic heterocycles. The molecule has 1 aromatic heterocycles. The molecule has 1 aliphatic carbocycles. The van der Waals surface area contributed by atoms with Gasteiger partial charge in [-0.3, -0.25) is 14.9 Å². The Kier molecular flexibility index (Phi) is 12.5. The van der Waals surface area contributed by atoms with Crippen LogP contribution in [0.1, 0.15) is 62.4 Å². The van der Waals surface area contributed by atoms with Gasteiger partial charge in [-0.1, -0.05) is 47.6 Å². The molecule has 1 fully saturated rings. The Labute approximate surface area is 308 Å². The van der Waals surface area contributed by atoms with Gasteiger partial charge in [-0.15, -0.1) is 0 Å². The van der Waals surface area contributed by atoms with Crippen molar-refractivity contribution in [3.63, 3.8) is 0 Å². The van der Waals surface area contributed by atoms with Gasteiger partial charge < -0.3 is 34.4 Å². The number of benzene rings is 3. The molecule has 0 radical (unpaired) electrons. The number of hydroxylamine groups is 1. The van der Waals surface area contributed by atoms with Crippen LogP contribution in [-0.2, 0) is 26.0 Å². The number of aromatic amines is 1. The molecule has 286 valence electrons. The smallest absolute Gasteiger partial charge is 0.407 e. The highest BCUT2D eigenvalue weighted by Gasteiger charge is 2.35. The Morgan fingerprint density at radius 2 is 1.64 bits per heavy atom. The fourth-order valence-electron chi connectivity index (χ4n) is 5.97. The van der Waals surface area contributed by atoms with Crippen LogP contribution in [0.15, 0.2) is 65.6 Å². The third kappa shape index (κ3) is 9.95. The molecule has 4 N–H and O–H groups in total. The number of imidazole rings is 1. The summed E-state index contributed by atoms with van der Waals surface area (Å²) in [6.07, 6.45) is 0.735. The maximum Gasteiger partial charge on any atom is 0.407 e. The summed E-state index contributed by atoms with van der Waals surface area (Å²) in [6, 6.07) is 15.5. The lowest BCUT2D eigenvalue weighted by Gasteiger charge is -2.31. The van der Waals surface area contributed by atoms with E-state index in [1.54, 1.807) is 20.8 Å². The number of aliphatic hydroxyl groups is 1. The van der Waals surface area contributed by atoms with E-state index >= 15 is 0 Å². The quantitative estimate of drug-likeness (QED) is 0.117. The number of alkyl carbamates (subject to hydrolysis) is 1. The number of rotatable bonds is 15. The van der Waals surface area contributed by atoms with Crippen LogP contribution in [0.5, 0.6) is 17.2 Å². The second-order valence-corrected chi connectivity index (χ2v) is 15.5. The molecule has 15 nitrogen and oxygen atoms in total. The molecule has 2 unspecified atom stereocenters. The Bertz CT molecular complexity index is 1970. The van der Waals surface area contributed by atoms with Crippen molar-refractivity contribution in [2.24, 2.45) is 0 Å². The van der Waals surface area contributed by atoms with Crippen molar-refractivity contribution in [3.8, 4) is 17.2 Å². The Morgan fingerprint density at radius 1 is 0.981 bits per heavy atom. The molecule has 5 rings (SSSR count). The van der Waals surface area contributed by atoms with Gasteiger partial charge in [-0.2, -0.15) is 0 Å². The molecule has 3 aromatic carbocycles. The van der Waals surface area contributed by atoms with Crippen LogP contribution in [-0.4, -0.2) is 91.7 Å². The predicted molar refractivity (Wildman–Crippen MR) is 197 cm³/mol. The normalized spacial score (nSPS) is 14.9. The van der Waals surface area contributed by atoms with Crippen LogP contribution in [0.4, 0.5) is 10.7 Å². The maximum atomic E-state index is 14.3. The number of methoxy groups -OCH3 is 3. The zero-order valence-electron chi connectivity index (χ0n) is 30.7. The fraction of sp³-hybridized carbons (Fsp3) is 0.432. The molecule has 2 atom stereocenters. The van der Waals surface area contributed by atoms with E-state index in [0.717, 1.165) is 22.9 Å². The molecule has 1 heterocycles. The predicted octanol–water partition coefficient (Wildman–Crippen LogP) is 5.20. The molecule has 1 saturated carbocycles. The number of hydrogen-bond donors (Lipinski definition) is 4. The van der Waals surface area contributed by atoms with E-state index in [1.807, 2.05) is 30.3 Å². The third-order valence-electron chi connectivity index (χ3n) is 8.55. The molecular formula is C37H47N5O10S. The highest BCUT2D eigenvalue weighted by Crippen LogP contribution is 2.38. The summed E-state index contributed by atoms with van der Waals surface area (Å²) in [6.45, 7) is 4.69. The van der Waals surface area contributed by atoms with Gasteiger partial charge in [0, 0.05) is 5.56 Å². The van der Waals surface area contributed by atoms with Gasteiger partial charge in [0.2, 0.25) is 11.7 Å². The summed E-state index contributed by atoms with van der Waals surface area (Å²) in [5, 5.41) is 17.0. The van der Waals surface area contributed by atoms with Crippen molar-refractivity contribution in [2.45, 2.75) is 81.6 Å². The number of ether oxygens (including phenoxy) is 4. The lowest BCUT2D eigenvalue weighted by Crippen LogP contribution is -2.51. The third-order valence-corrected chi connectivity index (χ3v) is 10.2. The molecular weight excluding hydrogens is 706 g/mol. The number of nitrogens with one attached hydrogen (secondary N) is 3. The van der Waals surface area contributed by atoms with Crippen LogP contribution in [0.2, 0.25) is 0 Å². The molecule has 4 aromatic rings. The molecule has 16 heteroatoms. The summed E-state index contributed by atoms with van der Waals surface area (Å²) >= 11 is 0. The van der Waals surface area contributed by atoms with E-state index in [9.17, 15) is 23.1 Å². The number of aromatic nitrogens is 2. The summed E-state index contributed by atoms with van der Waals surface area (Å²) < 4.78 is 50.8. The van der Waals surface area contributed by atoms with Gasteiger partial charge in [0.15, 0.2) is 11.5 Å².